The molecule has 0 aromatic heterocycles. The third-order valence-electron chi connectivity index (χ3n) is 3.08. The zero-order chi connectivity index (χ0) is 15.1. The van der Waals surface area contributed by atoms with Crippen molar-refractivity contribution in [3.63, 3.8) is 0 Å². The summed E-state index contributed by atoms with van der Waals surface area (Å²) in [6.07, 6.45) is 2.69. The van der Waals surface area contributed by atoms with Crippen LogP contribution >= 0.6 is 11.8 Å². The molecule has 2 rings (SSSR count). The Morgan fingerprint density at radius 1 is 1.24 bits per heavy atom. The maximum absolute atomic E-state index is 13.2. The van der Waals surface area contributed by atoms with E-state index in [1.807, 2.05) is 24.3 Å². The van der Waals surface area contributed by atoms with Crippen LogP contribution in [0.1, 0.15) is 12.5 Å². The summed E-state index contributed by atoms with van der Waals surface area (Å²) in [5, 5.41) is 3.51. The van der Waals surface area contributed by atoms with Crippen LogP contribution in [-0.2, 0) is 6.42 Å². The van der Waals surface area contributed by atoms with Gasteiger partial charge in [-0.1, -0.05) is 30.3 Å². The van der Waals surface area contributed by atoms with Crippen molar-refractivity contribution in [3.05, 3.63) is 72.6 Å². The van der Waals surface area contributed by atoms with Crippen LogP contribution in [0.5, 0.6) is 0 Å². The van der Waals surface area contributed by atoms with Gasteiger partial charge < -0.3 is 5.32 Å². The van der Waals surface area contributed by atoms with E-state index in [-0.39, 0.29) is 11.9 Å². The van der Waals surface area contributed by atoms with Gasteiger partial charge in [0.15, 0.2) is 0 Å². The zero-order valence-electron chi connectivity index (χ0n) is 12.2. The molecule has 1 N–H and O–H groups in total. The number of para-hydroxylation sites is 1. The molecular weight excluding hydrogens is 281 g/mol. The minimum Gasteiger partial charge on any atom is -0.381 e. The highest BCUT2D eigenvalue weighted by molar-refractivity contribution is 7.99. The van der Waals surface area contributed by atoms with Crippen LogP contribution in [-0.4, -0.2) is 11.8 Å². The SMILES string of the molecule is C=CCSc1ccccc1NC(C)Cc1cccc(F)c1. The Labute approximate surface area is 130 Å². The third-order valence-corrected chi connectivity index (χ3v) is 4.15. The Balaban J connectivity index is 2.02. The number of hydrogen-bond donors (Lipinski definition) is 1. The smallest absolute Gasteiger partial charge is 0.123 e. The molecule has 0 saturated heterocycles. The standard InChI is InChI=1S/C18H20FNS/c1-3-11-21-18-10-5-4-9-17(18)20-14(2)12-15-7-6-8-16(19)13-15/h3-10,13-14,20H,1,11-12H2,2H3. The van der Waals surface area contributed by atoms with Gasteiger partial charge in [0.1, 0.15) is 5.82 Å². The molecule has 21 heavy (non-hydrogen) atoms. The lowest BCUT2D eigenvalue weighted by molar-refractivity contribution is 0.624. The summed E-state index contributed by atoms with van der Waals surface area (Å²) in [5.74, 6) is 0.707. The van der Waals surface area contributed by atoms with Crippen LogP contribution in [0.3, 0.4) is 0 Å². The van der Waals surface area contributed by atoms with Crippen LogP contribution in [0.25, 0.3) is 0 Å². The fourth-order valence-electron chi connectivity index (χ4n) is 2.19. The first-order valence-corrected chi connectivity index (χ1v) is 8.01. The first-order chi connectivity index (χ1) is 10.2. The van der Waals surface area contributed by atoms with Crippen molar-refractivity contribution in [3.8, 4) is 0 Å². The maximum atomic E-state index is 13.2. The molecule has 0 heterocycles. The summed E-state index contributed by atoms with van der Waals surface area (Å²) >= 11 is 1.76. The Morgan fingerprint density at radius 3 is 2.81 bits per heavy atom. The summed E-state index contributed by atoms with van der Waals surface area (Å²) in [6, 6.07) is 15.3. The molecule has 2 aromatic rings. The van der Waals surface area contributed by atoms with E-state index in [1.165, 1.54) is 11.0 Å². The van der Waals surface area contributed by atoms with Crippen LogP contribution in [0.2, 0.25) is 0 Å². The molecule has 3 heteroatoms. The summed E-state index contributed by atoms with van der Waals surface area (Å²) in [5.41, 5.74) is 2.12. The summed E-state index contributed by atoms with van der Waals surface area (Å²) in [6.45, 7) is 5.86. The number of benzene rings is 2. The number of thioether (sulfide) groups is 1. The Hall–Kier alpha value is -1.74. The van der Waals surface area contributed by atoms with Gasteiger partial charge in [-0.15, -0.1) is 18.3 Å². The van der Waals surface area contributed by atoms with Crippen molar-refractivity contribution in [1.82, 2.24) is 0 Å². The van der Waals surface area contributed by atoms with E-state index in [9.17, 15) is 4.39 Å². The van der Waals surface area contributed by atoms with E-state index in [0.717, 1.165) is 23.4 Å². The monoisotopic (exact) mass is 301 g/mol. The van der Waals surface area contributed by atoms with Crippen LogP contribution in [0.4, 0.5) is 10.1 Å². The van der Waals surface area contributed by atoms with E-state index in [4.69, 9.17) is 0 Å². The van der Waals surface area contributed by atoms with E-state index < -0.39 is 0 Å². The van der Waals surface area contributed by atoms with Gasteiger partial charge >= 0.3 is 0 Å². The summed E-state index contributed by atoms with van der Waals surface area (Å²) in [7, 11) is 0. The van der Waals surface area contributed by atoms with Gasteiger partial charge in [-0.3, -0.25) is 0 Å². The summed E-state index contributed by atoms with van der Waals surface area (Å²) < 4.78 is 13.2. The van der Waals surface area contributed by atoms with Gasteiger partial charge in [-0.2, -0.15) is 0 Å². The lowest BCUT2D eigenvalue weighted by Gasteiger charge is -2.18. The highest BCUT2D eigenvalue weighted by Crippen LogP contribution is 2.27. The minimum atomic E-state index is -0.179. The van der Waals surface area contributed by atoms with Crippen LogP contribution in [0.15, 0.2) is 66.1 Å². The number of hydrogen-bond acceptors (Lipinski definition) is 2. The number of rotatable bonds is 7. The molecule has 1 unspecified atom stereocenters. The number of nitrogens with one attached hydrogen (secondary N) is 1. The van der Waals surface area contributed by atoms with E-state index in [2.05, 4.69) is 31.0 Å². The normalized spacial score (nSPS) is 11.9. The first kappa shape index (κ1) is 15.6. The molecule has 0 spiro atoms. The summed E-state index contributed by atoms with van der Waals surface area (Å²) in [4.78, 5) is 1.21. The molecule has 0 aliphatic heterocycles. The van der Waals surface area contributed by atoms with Gasteiger partial charge in [0.25, 0.3) is 0 Å². The molecule has 0 radical (unpaired) electrons. The lowest BCUT2D eigenvalue weighted by atomic mass is 10.1. The zero-order valence-corrected chi connectivity index (χ0v) is 13.0. The lowest BCUT2D eigenvalue weighted by Crippen LogP contribution is -2.18. The second-order valence-corrected chi connectivity index (χ2v) is 6.04. The Bertz CT molecular complexity index is 597. The van der Waals surface area contributed by atoms with Crippen molar-refractivity contribution < 1.29 is 4.39 Å². The topological polar surface area (TPSA) is 12.0 Å². The fraction of sp³-hybridized carbons (Fsp3) is 0.222. The van der Waals surface area contributed by atoms with E-state index in [0.29, 0.717) is 0 Å². The Kier molecular flexibility index (Phi) is 5.88. The van der Waals surface area contributed by atoms with Crippen molar-refractivity contribution >= 4 is 17.4 Å². The molecule has 0 amide bonds. The van der Waals surface area contributed by atoms with Crippen LogP contribution < -0.4 is 5.32 Å². The van der Waals surface area contributed by atoms with Gasteiger partial charge in [-0.25, -0.2) is 4.39 Å². The van der Waals surface area contributed by atoms with E-state index in [1.54, 1.807) is 23.9 Å². The fourth-order valence-corrected chi connectivity index (χ4v) is 2.95. The number of anilines is 1. The molecule has 1 nitrogen and oxygen atoms in total. The van der Waals surface area contributed by atoms with Crippen molar-refractivity contribution in [2.75, 3.05) is 11.1 Å². The van der Waals surface area contributed by atoms with Crippen molar-refractivity contribution in [1.29, 1.82) is 0 Å². The third kappa shape index (κ3) is 4.94. The van der Waals surface area contributed by atoms with Gasteiger partial charge in [0.2, 0.25) is 0 Å². The second kappa shape index (κ2) is 7.89. The van der Waals surface area contributed by atoms with Gasteiger partial charge in [0.05, 0.1) is 0 Å². The molecule has 0 aliphatic rings. The molecule has 110 valence electrons. The van der Waals surface area contributed by atoms with E-state index >= 15 is 0 Å². The highest BCUT2D eigenvalue weighted by atomic mass is 32.2. The minimum absolute atomic E-state index is 0.179. The predicted molar refractivity (Wildman–Crippen MR) is 90.6 cm³/mol. The average Bonchev–Trinajstić information content (AvgIpc) is 2.46. The molecule has 1 atom stereocenters. The second-order valence-electron chi connectivity index (χ2n) is 4.98. The molecule has 0 aliphatic carbocycles. The first-order valence-electron chi connectivity index (χ1n) is 7.02. The molecule has 0 fully saturated rings. The van der Waals surface area contributed by atoms with Gasteiger partial charge in [0, 0.05) is 22.4 Å². The van der Waals surface area contributed by atoms with Gasteiger partial charge in [-0.05, 0) is 43.2 Å². The highest BCUT2D eigenvalue weighted by Gasteiger charge is 2.07. The van der Waals surface area contributed by atoms with Crippen molar-refractivity contribution in [2.24, 2.45) is 0 Å². The number of halogens is 1. The quantitative estimate of drug-likeness (QED) is 0.561. The molecular formula is C18H20FNS. The molecule has 0 saturated carbocycles. The average molecular weight is 301 g/mol. The molecule has 0 bridgehead atoms. The predicted octanol–water partition coefficient (Wildman–Crippen LogP) is 5.15. The van der Waals surface area contributed by atoms with Crippen LogP contribution in [0, 0.1) is 5.82 Å². The van der Waals surface area contributed by atoms with Crippen molar-refractivity contribution in [2.45, 2.75) is 24.3 Å². The molecule has 2 aromatic carbocycles. The maximum Gasteiger partial charge on any atom is 0.123 e. The Morgan fingerprint density at radius 2 is 2.05 bits per heavy atom. The largest absolute Gasteiger partial charge is 0.381 e.